The van der Waals surface area contributed by atoms with Gasteiger partial charge < -0.3 is 5.11 Å². The summed E-state index contributed by atoms with van der Waals surface area (Å²) < 4.78 is 10.9. The van der Waals surface area contributed by atoms with E-state index >= 15 is 0 Å². The van der Waals surface area contributed by atoms with E-state index in [1.54, 1.807) is 0 Å². The van der Waals surface area contributed by atoms with Crippen LogP contribution < -0.4 is 0 Å². The van der Waals surface area contributed by atoms with Crippen LogP contribution in [0.15, 0.2) is 0 Å². The van der Waals surface area contributed by atoms with Gasteiger partial charge in [0, 0.05) is 27.7 Å². The Labute approximate surface area is 61.2 Å². The molecule has 4 heteroatoms. The Hall–Kier alpha value is 0.335. The van der Waals surface area contributed by atoms with Crippen LogP contribution in [0.5, 0.6) is 0 Å². The number of halogens is 1. The fourth-order valence-electron chi connectivity index (χ4n) is 0.0808. The molecule has 1 N–H and O–H groups in total. The summed E-state index contributed by atoms with van der Waals surface area (Å²) >= 11 is 0. The van der Waals surface area contributed by atoms with Gasteiger partial charge in [-0.15, -0.1) is 0 Å². The van der Waals surface area contributed by atoms with Gasteiger partial charge in [-0.25, -0.2) is 0 Å². The molecule has 0 rings (SSSR count). The van der Waals surface area contributed by atoms with Crippen LogP contribution in [0.3, 0.4) is 0 Å². The Kier molecular flexibility index (Phi) is 9.36. The molecular formula is C3H5FHgO2. The van der Waals surface area contributed by atoms with Gasteiger partial charge >= 0.3 is 5.97 Å². The third-order valence-corrected chi connectivity index (χ3v) is 0.308. The molecule has 0 bridgehead atoms. The predicted molar refractivity (Wildman–Crippen MR) is 18.2 cm³/mol. The maximum atomic E-state index is 10.9. The maximum Gasteiger partial charge on any atom is 0.305 e. The quantitative estimate of drug-likeness (QED) is 0.750. The zero-order valence-electron chi connectivity index (χ0n) is 3.85. The van der Waals surface area contributed by atoms with Crippen molar-refractivity contribution in [1.82, 2.24) is 0 Å². The van der Waals surface area contributed by atoms with E-state index in [0.29, 0.717) is 0 Å². The molecule has 0 fully saturated rings. The third-order valence-electron chi connectivity index (χ3n) is 0.308. The van der Waals surface area contributed by atoms with E-state index in [0.717, 1.165) is 0 Å². The second kappa shape index (κ2) is 6.34. The summed E-state index contributed by atoms with van der Waals surface area (Å²) in [5.74, 6) is -1.09. The van der Waals surface area contributed by atoms with Crippen LogP contribution in [0.2, 0.25) is 0 Å². The van der Waals surface area contributed by atoms with Crippen LogP contribution in [-0.2, 0) is 32.5 Å². The molecule has 0 saturated heterocycles. The van der Waals surface area contributed by atoms with Crippen molar-refractivity contribution < 1.29 is 42.0 Å². The van der Waals surface area contributed by atoms with Crippen molar-refractivity contribution in [3.05, 3.63) is 0 Å². The number of aliphatic carboxylic acids is 1. The van der Waals surface area contributed by atoms with Crippen molar-refractivity contribution in [2.45, 2.75) is 6.42 Å². The van der Waals surface area contributed by atoms with Gasteiger partial charge in [-0.2, -0.15) is 0 Å². The normalized spacial score (nSPS) is 7.00. The van der Waals surface area contributed by atoms with Crippen molar-refractivity contribution in [1.29, 1.82) is 0 Å². The molecule has 0 radical (unpaired) electrons. The van der Waals surface area contributed by atoms with Crippen molar-refractivity contribution in [2.75, 3.05) is 6.67 Å². The molecule has 0 aliphatic carbocycles. The molecule has 0 saturated carbocycles. The SMILES string of the molecule is O=C(O)CCF.[Hg]. The molecule has 0 aliphatic heterocycles. The molecule has 38 valence electrons. The predicted octanol–water partition coefficient (Wildman–Crippen LogP) is 0.428. The van der Waals surface area contributed by atoms with E-state index in [9.17, 15) is 9.18 Å². The average molecular weight is 293 g/mol. The molecule has 0 atom stereocenters. The van der Waals surface area contributed by atoms with Crippen LogP contribution in [0.1, 0.15) is 6.42 Å². The first-order valence-electron chi connectivity index (χ1n) is 1.55. The number of hydrogen-bond acceptors (Lipinski definition) is 1. The number of alkyl halides is 1. The second-order valence-electron chi connectivity index (χ2n) is 0.833. The minimum absolute atomic E-state index is 0. The Bertz CT molecular complexity index is 56.9. The summed E-state index contributed by atoms with van der Waals surface area (Å²) in [6, 6.07) is 0. The molecular weight excluding hydrogens is 288 g/mol. The fraction of sp³-hybridized carbons (Fsp3) is 0.667. The molecule has 0 amide bonds. The average Bonchev–Trinajstić information content (AvgIpc) is 1.35. The monoisotopic (exact) mass is 294 g/mol. The van der Waals surface area contributed by atoms with E-state index in [1.165, 1.54) is 0 Å². The van der Waals surface area contributed by atoms with E-state index in [4.69, 9.17) is 5.11 Å². The van der Waals surface area contributed by atoms with Crippen LogP contribution in [0.4, 0.5) is 4.39 Å². The van der Waals surface area contributed by atoms with Crippen molar-refractivity contribution >= 4 is 5.97 Å². The number of hydrogen-bond donors (Lipinski definition) is 1. The molecule has 7 heavy (non-hydrogen) atoms. The van der Waals surface area contributed by atoms with E-state index in [-0.39, 0.29) is 34.1 Å². The molecule has 0 unspecified atom stereocenters. The van der Waals surface area contributed by atoms with Gasteiger partial charge in [0.15, 0.2) is 0 Å². The molecule has 0 aliphatic rings. The number of rotatable bonds is 2. The smallest absolute Gasteiger partial charge is 0.305 e. The molecule has 0 aromatic heterocycles. The van der Waals surface area contributed by atoms with E-state index in [2.05, 4.69) is 0 Å². The van der Waals surface area contributed by atoms with Gasteiger partial charge in [-0.3, -0.25) is 9.18 Å². The minimum Gasteiger partial charge on any atom is -0.481 e. The number of carboxylic acids is 1. The van der Waals surface area contributed by atoms with Crippen LogP contribution >= 0.6 is 0 Å². The van der Waals surface area contributed by atoms with Gasteiger partial charge in [0.2, 0.25) is 0 Å². The van der Waals surface area contributed by atoms with Gasteiger partial charge in [-0.05, 0) is 0 Å². The molecule has 0 heterocycles. The van der Waals surface area contributed by atoms with Crippen LogP contribution in [-0.4, -0.2) is 17.8 Å². The maximum absolute atomic E-state index is 10.9. The summed E-state index contributed by atoms with van der Waals surface area (Å²) in [5.41, 5.74) is 0. The number of carbonyl (C=O) groups is 1. The van der Waals surface area contributed by atoms with Crippen LogP contribution in [0, 0.1) is 0 Å². The van der Waals surface area contributed by atoms with Crippen molar-refractivity contribution in [2.24, 2.45) is 0 Å². The van der Waals surface area contributed by atoms with Crippen molar-refractivity contribution in [3.8, 4) is 0 Å². The molecule has 2 nitrogen and oxygen atoms in total. The van der Waals surface area contributed by atoms with Gasteiger partial charge in [0.05, 0.1) is 13.1 Å². The van der Waals surface area contributed by atoms with Gasteiger partial charge in [0.1, 0.15) is 0 Å². The molecule has 0 aromatic rings. The van der Waals surface area contributed by atoms with E-state index < -0.39 is 12.6 Å². The van der Waals surface area contributed by atoms with Crippen LogP contribution in [0.25, 0.3) is 0 Å². The Balaban J connectivity index is 0. The third kappa shape index (κ3) is 10.7. The first kappa shape index (κ1) is 10.3. The zero-order chi connectivity index (χ0) is 4.99. The first-order chi connectivity index (χ1) is 2.77. The second-order valence-corrected chi connectivity index (χ2v) is 0.833. The fourth-order valence-corrected chi connectivity index (χ4v) is 0.0808. The topological polar surface area (TPSA) is 37.3 Å². The standard InChI is InChI=1S/C3H5FO2.Hg/c4-2-1-3(5)6;/h1-2H2,(H,5,6);. The largest absolute Gasteiger partial charge is 0.481 e. The summed E-state index contributed by atoms with van der Waals surface area (Å²) in [4.78, 5) is 9.36. The van der Waals surface area contributed by atoms with E-state index in [1.807, 2.05) is 0 Å². The Morgan fingerprint density at radius 1 is 1.71 bits per heavy atom. The minimum atomic E-state index is -1.09. The molecule has 0 spiro atoms. The summed E-state index contributed by atoms with van der Waals surface area (Å²) in [6.45, 7) is -0.769. The summed E-state index contributed by atoms with van der Waals surface area (Å²) in [5, 5.41) is 7.67. The van der Waals surface area contributed by atoms with Crippen molar-refractivity contribution in [3.63, 3.8) is 0 Å². The zero-order valence-corrected chi connectivity index (χ0v) is 9.35. The Morgan fingerprint density at radius 2 is 2.14 bits per heavy atom. The summed E-state index contributed by atoms with van der Waals surface area (Å²) in [7, 11) is 0. The number of carboxylic acid groups (broad SMARTS) is 1. The summed E-state index contributed by atoms with van der Waals surface area (Å²) in [6.07, 6.45) is -0.375. The Morgan fingerprint density at radius 3 is 2.14 bits per heavy atom. The molecule has 0 aromatic carbocycles. The van der Waals surface area contributed by atoms with Gasteiger partial charge in [0.25, 0.3) is 0 Å². The van der Waals surface area contributed by atoms with Gasteiger partial charge in [-0.1, -0.05) is 0 Å². The first-order valence-corrected chi connectivity index (χ1v) is 1.55.